The molecule has 1 atom stereocenters. The van der Waals surface area contributed by atoms with Crippen LogP contribution in [0.5, 0.6) is 0 Å². The van der Waals surface area contributed by atoms with Gasteiger partial charge in [-0.2, -0.15) is 0 Å². The van der Waals surface area contributed by atoms with Gasteiger partial charge in [-0.15, -0.1) is 11.3 Å². The molecule has 2 heterocycles. The smallest absolute Gasteiger partial charge is 0.223 e. The Hall–Kier alpha value is -2.41. The number of carbonyl (C=O) groups excluding carboxylic acids is 2. The predicted octanol–water partition coefficient (Wildman–Crippen LogP) is 2.85. The Balaban J connectivity index is 1.35. The van der Waals surface area contributed by atoms with E-state index in [-0.39, 0.29) is 17.7 Å². The fourth-order valence-electron chi connectivity index (χ4n) is 4.25. The molecule has 30 heavy (non-hydrogen) atoms. The van der Waals surface area contributed by atoms with Crippen molar-refractivity contribution in [2.24, 2.45) is 5.92 Å². The molecule has 0 bridgehead atoms. The Morgan fingerprint density at radius 2 is 1.97 bits per heavy atom. The molecular weight excluding hydrogens is 396 g/mol. The average Bonchev–Trinajstić information content (AvgIpc) is 3.17. The highest BCUT2D eigenvalue weighted by atomic mass is 32.1. The zero-order valence-electron chi connectivity index (χ0n) is 18.0. The number of aryl methyl sites for hydroxylation is 3. The maximum absolute atomic E-state index is 12.8. The summed E-state index contributed by atoms with van der Waals surface area (Å²) in [5, 5.41) is 4.19. The first-order valence-corrected chi connectivity index (χ1v) is 11.5. The first-order chi connectivity index (χ1) is 14.4. The quantitative estimate of drug-likeness (QED) is 0.817. The number of piperazine rings is 1. The molecule has 1 aliphatic heterocycles. The monoisotopic (exact) mass is 426 g/mol. The largest absolute Gasteiger partial charge is 0.352 e. The summed E-state index contributed by atoms with van der Waals surface area (Å²) in [6.07, 6.45) is 2.49. The molecule has 2 amide bonds. The number of rotatable bonds is 4. The lowest BCUT2D eigenvalue weighted by Crippen LogP contribution is -2.48. The van der Waals surface area contributed by atoms with Gasteiger partial charge in [0.25, 0.3) is 0 Å². The van der Waals surface area contributed by atoms with Crippen molar-refractivity contribution in [1.29, 1.82) is 0 Å². The summed E-state index contributed by atoms with van der Waals surface area (Å²) in [4.78, 5) is 34.6. The Morgan fingerprint density at radius 1 is 1.20 bits per heavy atom. The van der Waals surface area contributed by atoms with Gasteiger partial charge in [-0.3, -0.25) is 9.59 Å². The molecule has 1 aromatic carbocycles. The maximum Gasteiger partial charge on any atom is 0.223 e. The molecule has 1 fully saturated rings. The van der Waals surface area contributed by atoms with Gasteiger partial charge in [0.2, 0.25) is 11.8 Å². The Bertz CT molecular complexity index is 947. The van der Waals surface area contributed by atoms with Crippen LogP contribution in [0, 0.1) is 19.8 Å². The summed E-state index contributed by atoms with van der Waals surface area (Å²) in [6, 6.07) is 6.36. The van der Waals surface area contributed by atoms with Crippen LogP contribution in [0.25, 0.3) is 0 Å². The molecule has 7 heteroatoms. The molecule has 1 N–H and O–H groups in total. The summed E-state index contributed by atoms with van der Waals surface area (Å²) in [5.41, 5.74) is 4.77. The third kappa shape index (κ3) is 4.51. The molecule has 0 saturated carbocycles. The van der Waals surface area contributed by atoms with Crippen LogP contribution in [-0.4, -0.2) is 47.9 Å². The zero-order chi connectivity index (χ0) is 21.3. The molecular formula is C23H30N4O2S. The lowest BCUT2D eigenvalue weighted by atomic mass is 9.90. The van der Waals surface area contributed by atoms with Crippen LogP contribution in [-0.2, 0) is 29.0 Å². The van der Waals surface area contributed by atoms with Crippen molar-refractivity contribution in [1.82, 2.24) is 15.2 Å². The summed E-state index contributed by atoms with van der Waals surface area (Å²) in [7, 11) is 0. The molecule has 1 aliphatic carbocycles. The number of fused-ring (bicyclic) bond motifs is 1. The van der Waals surface area contributed by atoms with E-state index >= 15 is 0 Å². The van der Waals surface area contributed by atoms with Gasteiger partial charge in [-0.1, -0.05) is 23.8 Å². The van der Waals surface area contributed by atoms with Gasteiger partial charge in [0.15, 0.2) is 5.13 Å². The maximum atomic E-state index is 12.8. The normalized spacial score (nSPS) is 18.8. The van der Waals surface area contributed by atoms with Gasteiger partial charge in [-0.05, 0) is 44.2 Å². The summed E-state index contributed by atoms with van der Waals surface area (Å²) in [5.74, 6) is 0.305. The minimum Gasteiger partial charge on any atom is -0.352 e. The number of nitrogens with zero attached hydrogens (tertiary/aromatic N) is 3. The van der Waals surface area contributed by atoms with Gasteiger partial charge in [-0.25, -0.2) is 4.98 Å². The van der Waals surface area contributed by atoms with Gasteiger partial charge in [0.1, 0.15) is 0 Å². The Kier molecular flexibility index (Phi) is 6.09. The van der Waals surface area contributed by atoms with E-state index in [0.29, 0.717) is 6.54 Å². The van der Waals surface area contributed by atoms with Crippen LogP contribution in [0.3, 0.4) is 0 Å². The fourth-order valence-corrected chi connectivity index (χ4v) is 5.49. The number of aromatic nitrogens is 1. The predicted molar refractivity (Wildman–Crippen MR) is 120 cm³/mol. The molecule has 2 aromatic rings. The van der Waals surface area contributed by atoms with E-state index in [2.05, 4.69) is 42.3 Å². The Labute approximate surface area is 182 Å². The van der Waals surface area contributed by atoms with E-state index in [9.17, 15) is 9.59 Å². The number of hydrogen-bond acceptors (Lipinski definition) is 5. The first kappa shape index (κ1) is 20.8. The van der Waals surface area contributed by atoms with Crippen molar-refractivity contribution >= 4 is 28.3 Å². The number of benzene rings is 1. The molecule has 0 spiro atoms. The van der Waals surface area contributed by atoms with Crippen LogP contribution >= 0.6 is 11.3 Å². The number of anilines is 1. The van der Waals surface area contributed by atoms with E-state index in [1.54, 1.807) is 18.3 Å². The van der Waals surface area contributed by atoms with Crippen molar-refractivity contribution < 1.29 is 9.59 Å². The highest BCUT2D eigenvalue weighted by Crippen LogP contribution is 2.34. The Morgan fingerprint density at radius 3 is 2.70 bits per heavy atom. The number of nitrogens with one attached hydrogen (secondary N) is 1. The third-order valence-electron chi connectivity index (χ3n) is 6.25. The second kappa shape index (κ2) is 8.76. The molecule has 2 aliphatic rings. The van der Waals surface area contributed by atoms with Crippen LogP contribution in [0.15, 0.2) is 18.2 Å². The lowest BCUT2D eigenvalue weighted by molar-refractivity contribution is -0.129. The molecule has 1 aromatic heterocycles. The molecule has 160 valence electrons. The van der Waals surface area contributed by atoms with Crippen LogP contribution in [0.2, 0.25) is 0 Å². The molecule has 1 saturated heterocycles. The molecule has 4 rings (SSSR count). The number of thiazole rings is 1. The van der Waals surface area contributed by atoms with E-state index in [0.717, 1.165) is 56.3 Å². The van der Waals surface area contributed by atoms with Crippen molar-refractivity contribution in [3.63, 3.8) is 0 Å². The van der Waals surface area contributed by atoms with Crippen LogP contribution < -0.4 is 10.2 Å². The molecule has 0 unspecified atom stereocenters. The van der Waals surface area contributed by atoms with Crippen molar-refractivity contribution in [3.8, 4) is 0 Å². The number of hydrogen-bond donors (Lipinski definition) is 1. The van der Waals surface area contributed by atoms with E-state index in [4.69, 9.17) is 4.98 Å². The molecule has 6 nitrogen and oxygen atoms in total. The van der Waals surface area contributed by atoms with Crippen LogP contribution in [0.4, 0.5) is 5.13 Å². The summed E-state index contributed by atoms with van der Waals surface area (Å²) < 4.78 is 0. The number of amides is 2. The zero-order valence-corrected chi connectivity index (χ0v) is 18.8. The van der Waals surface area contributed by atoms with Gasteiger partial charge in [0.05, 0.1) is 5.69 Å². The standard InChI is InChI=1S/C23H30N4O2S/c1-15-4-5-16(2)19(12-15)14-24-22(29)18-6-7-20-21(13-18)30-23(25-20)27-10-8-26(9-11-27)17(3)28/h4-5,12,18H,6-11,13-14H2,1-3H3,(H,24,29)/t18-/m1/s1. The lowest BCUT2D eigenvalue weighted by Gasteiger charge is -2.33. The van der Waals surface area contributed by atoms with E-state index in [1.807, 2.05) is 4.90 Å². The number of carbonyl (C=O) groups is 2. The van der Waals surface area contributed by atoms with Crippen molar-refractivity contribution in [3.05, 3.63) is 45.5 Å². The minimum absolute atomic E-state index is 0.0190. The average molecular weight is 427 g/mol. The van der Waals surface area contributed by atoms with Crippen molar-refractivity contribution in [2.45, 2.75) is 46.6 Å². The second-order valence-corrected chi connectivity index (χ2v) is 9.51. The van der Waals surface area contributed by atoms with Gasteiger partial charge in [0, 0.05) is 50.4 Å². The molecule has 0 radical (unpaired) electrons. The minimum atomic E-state index is 0.0190. The topological polar surface area (TPSA) is 65.5 Å². The van der Waals surface area contributed by atoms with E-state index < -0.39 is 0 Å². The second-order valence-electron chi connectivity index (χ2n) is 8.45. The van der Waals surface area contributed by atoms with Gasteiger partial charge >= 0.3 is 0 Å². The highest BCUT2D eigenvalue weighted by Gasteiger charge is 2.29. The first-order valence-electron chi connectivity index (χ1n) is 10.7. The highest BCUT2D eigenvalue weighted by molar-refractivity contribution is 7.15. The van der Waals surface area contributed by atoms with Crippen LogP contribution in [0.1, 0.15) is 40.6 Å². The fraction of sp³-hybridized carbons (Fsp3) is 0.522. The van der Waals surface area contributed by atoms with Crippen molar-refractivity contribution in [2.75, 3.05) is 31.1 Å². The SMILES string of the molecule is CC(=O)N1CCN(c2nc3c(s2)C[C@H](C(=O)NCc2cc(C)ccc2C)CC3)CC1. The third-order valence-corrected chi connectivity index (χ3v) is 7.43. The van der Waals surface area contributed by atoms with E-state index in [1.165, 1.54) is 21.6 Å². The summed E-state index contributed by atoms with van der Waals surface area (Å²) in [6.45, 7) is 9.54. The van der Waals surface area contributed by atoms with Gasteiger partial charge < -0.3 is 15.1 Å². The summed E-state index contributed by atoms with van der Waals surface area (Å²) >= 11 is 1.72.